The lowest BCUT2D eigenvalue weighted by molar-refractivity contribution is 0.101. The molecule has 0 spiro atoms. The van der Waals surface area contributed by atoms with E-state index in [2.05, 4.69) is 25.8 Å². The summed E-state index contributed by atoms with van der Waals surface area (Å²) >= 11 is 9.22. The van der Waals surface area contributed by atoms with Gasteiger partial charge in [0, 0.05) is 48.1 Å². The number of aromatic nitrogens is 1. The minimum absolute atomic E-state index is 0.00722. The number of piperazine rings is 1. The van der Waals surface area contributed by atoms with E-state index in [1.165, 1.54) is 23.5 Å². The number of carbonyl (C=O) groups excluding carboxylic acids is 1. The first-order valence-corrected chi connectivity index (χ1v) is 10.6. The number of Topliss-reactive ketones (excluding diaryl/α,β-unsaturated/α-hetero) is 1. The first-order valence-electron chi connectivity index (χ1n) is 7.96. The minimum Gasteiger partial charge on any atom is -0.369 e. The van der Waals surface area contributed by atoms with E-state index in [0.29, 0.717) is 36.2 Å². The van der Waals surface area contributed by atoms with E-state index in [1.54, 1.807) is 12.1 Å². The molecule has 3 rings (SSSR count). The largest absolute Gasteiger partial charge is 0.369 e. The van der Waals surface area contributed by atoms with Gasteiger partial charge in [0.15, 0.2) is 5.78 Å². The van der Waals surface area contributed by atoms with Crippen LogP contribution in [-0.2, 0) is 10.0 Å². The normalized spacial score (nSPS) is 15.9. The summed E-state index contributed by atoms with van der Waals surface area (Å²) in [6.07, 6.45) is 1.46. The Morgan fingerprint density at radius 2 is 1.77 bits per heavy atom. The van der Waals surface area contributed by atoms with Crippen molar-refractivity contribution in [3.05, 3.63) is 51.7 Å². The molecule has 1 aromatic heterocycles. The first kappa shape index (κ1) is 19.3. The predicted octanol–water partition coefficient (Wildman–Crippen LogP) is 3.21. The highest BCUT2D eigenvalue weighted by molar-refractivity contribution is 9.10. The van der Waals surface area contributed by atoms with Crippen LogP contribution in [0.4, 0.5) is 5.69 Å². The number of nitrogens with zero attached hydrogens (tertiary/aromatic N) is 3. The van der Waals surface area contributed by atoms with Gasteiger partial charge in [0.25, 0.3) is 0 Å². The minimum atomic E-state index is -3.70. The third-order valence-electron chi connectivity index (χ3n) is 4.27. The molecule has 9 heteroatoms. The van der Waals surface area contributed by atoms with Crippen molar-refractivity contribution in [2.45, 2.75) is 11.8 Å². The Hall–Kier alpha value is -1.48. The summed E-state index contributed by atoms with van der Waals surface area (Å²) < 4.78 is 27.7. The molecule has 0 unspecified atom stereocenters. The van der Waals surface area contributed by atoms with Gasteiger partial charge in [-0.25, -0.2) is 13.4 Å². The molecule has 0 atom stereocenters. The summed E-state index contributed by atoms with van der Waals surface area (Å²) in [5.74, 6) is 0.0203. The molecule has 0 amide bonds. The lowest BCUT2D eigenvalue weighted by Crippen LogP contribution is -2.48. The van der Waals surface area contributed by atoms with Crippen LogP contribution in [0.1, 0.15) is 17.3 Å². The Bertz CT molecular complexity index is 927. The second-order valence-corrected chi connectivity index (χ2v) is 9.12. The maximum Gasteiger partial charge on any atom is 0.246 e. The van der Waals surface area contributed by atoms with Gasteiger partial charge in [-0.15, -0.1) is 0 Å². The monoisotopic (exact) mass is 457 g/mol. The lowest BCUT2D eigenvalue weighted by Gasteiger charge is -2.35. The fourth-order valence-corrected chi connectivity index (χ4v) is 5.16. The molecule has 1 aliphatic rings. The average Bonchev–Trinajstić information content (AvgIpc) is 2.64. The van der Waals surface area contributed by atoms with Crippen molar-refractivity contribution in [3.8, 4) is 0 Å². The molecule has 0 aliphatic carbocycles. The zero-order chi connectivity index (χ0) is 18.9. The molecule has 1 saturated heterocycles. The molecule has 0 radical (unpaired) electrons. The Morgan fingerprint density at radius 1 is 1.15 bits per heavy atom. The quantitative estimate of drug-likeness (QED) is 0.520. The van der Waals surface area contributed by atoms with Gasteiger partial charge in [-0.3, -0.25) is 4.79 Å². The van der Waals surface area contributed by atoms with E-state index in [4.69, 9.17) is 11.6 Å². The third kappa shape index (κ3) is 3.93. The molecule has 138 valence electrons. The van der Waals surface area contributed by atoms with Crippen LogP contribution in [0.15, 0.2) is 45.9 Å². The molecular formula is C17H17BrClN3O3S. The third-order valence-corrected chi connectivity index (χ3v) is 7.03. The maximum atomic E-state index is 12.8. The van der Waals surface area contributed by atoms with Crippen molar-refractivity contribution in [3.63, 3.8) is 0 Å². The van der Waals surface area contributed by atoms with Crippen LogP contribution in [0.25, 0.3) is 0 Å². The molecule has 0 N–H and O–H groups in total. The zero-order valence-electron chi connectivity index (χ0n) is 14.0. The van der Waals surface area contributed by atoms with Crippen LogP contribution in [0.5, 0.6) is 0 Å². The fourth-order valence-electron chi connectivity index (χ4n) is 2.82. The van der Waals surface area contributed by atoms with Crippen molar-refractivity contribution in [2.24, 2.45) is 0 Å². The lowest BCUT2D eigenvalue weighted by atomic mass is 10.1. The molecule has 26 heavy (non-hydrogen) atoms. The standard InChI is InChI=1S/C17H17BrClN3O3S/c1-12(23)13-2-4-15(5-3-13)21-6-8-22(9-7-21)26(24,25)16-10-14(18)11-20-17(16)19/h2-5,10-11H,6-9H2,1H3. The van der Waals surface area contributed by atoms with Crippen LogP contribution in [0.3, 0.4) is 0 Å². The van der Waals surface area contributed by atoms with Crippen LogP contribution >= 0.6 is 27.5 Å². The summed E-state index contributed by atoms with van der Waals surface area (Å²) in [6, 6.07) is 8.81. The van der Waals surface area contributed by atoms with Gasteiger partial charge in [0.1, 0.15) is 10.0 Å². The summed E-state index contributed by atoms with van der Waals surface area (Å²) in [5, 5.41) is -0.0320. The van der Waals surface area contributed by atoms with Gasteiger partial charge in [0.2, 0.25) is 10.0 Å². The Balaban J connectivity index is 1.73. The number of halogens is 2. The molecule has 6 nitrogen and oxygen atoms in total. The van der Waals surface area contributed by atoms with Crippen molar-refractivity contribution in [2.75, 3.05) is 31.1 Å². The Labute approximate surface area is 166 Å². The smallest absolute Gasteiger partial charge is 0.246 e. The predicted molar refractivity (Wildman–Crippen MR) is 104 cm³/mol. The van der Waals surface area contributed by atoms with Gasteiger partial charge < -0.3 is 4.90 Å². The van der Waals surface area contributed by atoms with Crippen molar-refractivity contribution >= 4 is 49.0 Å². The number of rotatable bonds is 4. The first-order chi connectivity index (χ1) is 12.3. The van der Waals surface area contributed by atoms with Gasteiger partial charge in [0.05, 0.1) is 0 Å². The van der Waals surface area contributed by atoms with Gasteiger partial charge >= 0.3 is 0 Å². The number of sulfonamides is 1. The fraction of sp³-hybridized carbons (Fsp3) is 0.294. The molecule has 1 aromatic carbocycles. The van der Waals surface area contributed by atoms with Gasteiger partial charge in [-0.1, -0.05) is 11.6 Å². The SMILES string of the molecule is CC(=O)c1ccc(N2CCN(S(=O)(=O)c3cc(Br)cnc3Cl)CC2)cc1. The molecule has 0 saturated carbocycles. The van der Waals surface area contributed by atoms with E-state index in [9.17, 15) is 13.2 Å². The highest BCUT2D eigenvalue weighted by Crippen LogP contribution is 2.27. The number of pyridine rings is 1. The summed E-state index contributed by atoms with van der Waals surface area (Å²) in [5.41, 5.74) is 1.63. The summed E-state index contributed by atoms with van der Waals surface area (Å²) in [7, 11) is -3.70. The second kappa shape index (κ2) is 7.64. The maximum absolute atomic E-state index is 12.8. The highest BCUT2D eigenvalue weighted by atomic mass is 79.9. The number of carbonyl (C=O) groups is 1. The van der Waals surface area contributed by atoms with Crippen molar-refractivity contribution < 1.29 is 13.2 Å². The molecule has 2 aromatic rings. The Kier molecular flexibility index (Phi) is 5.67. The average molecular weight is 459 g/mol. The topological polar surface area (TPSA) is 70.6 Å². The number of anilines is 1. The van der Waals surface area contributed by atoms with E-state index >= 15 is 0 Å². The molecular weight excluding hydrogens is 442 g/mol. The van der Waals surface area contributed by atoms with Crippen LogP contribution in [0.2, 0.25) is 5.15 Å². The van der Waals surface area contributed by atoms with Crippen molar-refractivity contribution in [1.29, 1.82) is 0 Å². The number of hydrogen-bond acceptors (Lipinski definition) is 5. The van der Waals surface area contributed by atoms with E-state index < -0.39 is 10.0 Å². The molecule has 2 heterocycles. The summed E-state index contributed by atoms with van der Waals surface area (Å²) in [6.45, 7) is 3.33. The number of ketones is 1. The molecule has 1 fully saturated rings. The van der Waals surface area contributed by atoms with E-state index in [-0.39, 0.29) is 15.8 Å². The van der Waals surface area contributed by atoms with Gasteiger partial charge in [-0.2, -0.15) is 4.31 Å². The van der Waals surface area contributed by atoms with Crippen molar-refractivity contribution in [1.82, 2.24) is 9.29 Å². The molecule has 0 bridgehead atoms. The van der Waals surface area contributed by atoms with Crippen LogP contribution in [-0.4, -0.2) is 49.7 Å². The van der Waals surface area contributed by atoms with E-state index in [0.717, 1.165) is 5.69 Å². The zero-order valence-corrected chi connectivity index (χ0v) is 17.2. The Morgan fingerprint density at radius 3 is 2.35 bits per heavy atom. The number of benzene rings is 1. The van der Waals surface area contributed by atoms with Crippen LogP contribution < -0.4 is 4.90 Å². The van der Waals surface area contributed by atoms with Crippen LogP contribution in [0, 0.1) is 0 Å². The number of hydrogen-bond donors (Lipinski definition) is 0. The van der Waals surface area contributed by atoms with E-state index in [1.807, 2.05) is 12.1 Å². The second-order valence-electron chi connectivity index (χ2n) is 5.94. The highest BCUT2D eigenvalue weighted by Gasteiger charge is 2.31. The summed E-state index contributed by atoms with van der Waals surface area (Å²) in [4.78, 5) is 17.4. The molecule has 1 aliphatic heterocycles. The van der Waals surface area contributed by atoms with Gasteiger partial charge in [-0.05, 0) is 53.2 Å².